The van der Waals surface area contributed by atoms with E-state index in [1.807, 2.05) is 32.0 Å². The molecule has 4 nitrogen and oxygen atoms in total. The molecule has 21 heavy (non-hydrogen) atoms. The fourth-order valence-corrected chi connectivity index (χ4v) is 2.70. The van der Waals surface area contributed by atoms with Crippen LogP contribution in [0.15, 0.2) is 18.2 Å². The Labute approximate surface area is 126 Å². The molecule has 1 heterocycles. The number of rotatable bonds is 3. The van der Waals surface area contributed by atoms with Crippen LogP contribution in [0.25, 0.3) is 0 Å². The molecule has 0 N–H and O–H groups in total. The molecular formula is C17H23NO3. The van der Waals surface area contributed by atoms with Crippen molar-refractivity contribution in [1.82, 2.24) is 4.90 Å². The van der Waals surface area contributed by atoms with E-state index in [0.29, 0.717) is 25.1 Å². The van der Waals surface area contributed by atoms with Crippen molar-refractivity contribution in [3.63, 3.8) is 0 Å². The van der Waals surface area contributed by atoms with Crippen LogP contribution in [-0.4, -0.2) is 36.0 Å². The van der Waals surface area contributed by atoms with Gasteiger partial charge in [0.25, 0.3) is 5.91 Å². The first-order valence-electron chi connectivity index (χ1n) is 7.59. The summed E-state index contributed by atoms with van der Waals surface area (Å²) in [4.78, 5) is 26.4. The monoisotopic (exact) mass is 289 g/mol. The SMILES string of the molecule is CCOC(=O)C1CCCCN1C(=O)c1ccc(C)c(C)c1. The largest absolute Gasteiger partial charge is 0.464 e. The molecule has 0 aromatic heterocycles. The smallest absolute Gasteiger partial charge is 0.328 e. The molecule has 114 valence electrons. The molecule has 0 spiro atoms. The van der Waals surface area contributed by atoms with Gasteiger partial charge in [0, 0.05) is 12.1 Å². The van der Waals surface area contributed by atoms with Crippen molar-refractivity contribution in [1.29, 1.82) is 0 Å². The third-order valence-electron chi connectivity index (χ3n) is 4.08. The van der Waals surface area contributed by atoms with Crippen LogP contribution in [0.2, 0.25) is 0 Å². The molecule has 4 heteroatoms. The van der Waals surface area contributed by atoms with E-state index in [-0.39, 0.29) is 11.9 Å². The van der Waals surface area contributed by atoms with E-state index >= 15 is 0 Å². The Morgan fingerprint density at radius 2 is 2.00 bits per heavy atom. The van der Waals surface area contributed by atoms with Crippen molar-refractivity contribution >= 4 is 11.9 Å². The topological polar surface area (TPSA) is 46.6 Å². The summed E-state index contributed by atoms with van der Waals surface area (Å²) in [7, 11) is 0. The fourth-order valence-electron chi connectivity index (χ4n) is 2.70. The second-order valence-corrected chi connectivity index (χ2v) is 5.56. The normalized spacial score (nSPS) is 18.4. The highest BCUT2D eigenvalue weighted by Gasteiger charge is 2.33. The minimum Gasteiger partial charge on any atom is -0.464 e. The number of piperidine rings is 1. The molecule has 0 bridgehead atoms. The maximum Gasteiger partial charge on any atom is 0.328 e. The highest BCUT2D eigenvalue weighted by Crippen LogP contribution is 2.22. The zero-order valence-electron chi connectivity index (χ0n) is 13.0. The maximum atomic E-state index is 12.7. The van der Waals surface area contributed by atoms with Crippen molar-refractivity contribution < 1.29 is 14.3 Å². The van der Waals surface area contributed by atoms with Gasteiger partial charge in [-0.2, -0.15) is 0 Å². The van der Waals surface area contributed by atoms with Gasteiger partial charge in [0.1, 0.15) is 6.04 Å². The fraction of sp³-hybridized carbons (Fsp3) is 0.529. The van der Waals surface area contributed by atoms with E-state index in [1.54, 1.807) is 11.8 Å². The summed E-state index contributed by atoms with van der Waals surface area (Å²) in [5.74, 6) is -0.356. The van der Waals surface area contributed by atoms with Gasteiger partial charge in [0.2, 0.25) is 0 Å². The summed E-state index contributed by atoms with van der Waals surface area (Å²) < 4.78 is 5.11. The molecular weight excluding hydrogens is 266 g/mol. The molecule has 0 radical (unpaired) electrons. The van der Waals surface area contributed by atoms with E-state index in [9.17, 15) is 9.59 Å². The van der Waals surface area contributed by atoms with E-state index < -0.39 is 6.04 Å². The average molecular weight is 289 g/mol. The Balaban J connectivity index is 2.21. The highest BCUT2D eigenvalue weighted by atomic mass is 16.5. The number of esters is 1. The lowest BCUT2D eigenvalue weighted by atomic mass is 9.99. The van der Waals surface area contributed by atoms with Gasteiger partial charge in [-0.05, 0) is 63.3 Å². The zero-order valence-corrected chi connectivity index (χ0v) is 13.0. The van der Waals surface area contributed by atoms with Crippen molar-refractivity contribution in [3.8, 4) is 0 Å². The van der Waals surface area contributed by atoms with E-state index in [4.69, 9.17) is 4.74 Å². The maximum absolute atomic E-state index is 12.7. The number of hydrogen-bond donors (Lipinski definition) is 0. The van der Waals surface area contributed by atoms with Gasteiger partial charge < -0.3 is 9.64 Å². The van der Waals surface area contributed by atoms with Crippen LogP contribution < -0.4 is 0 Å². The standard InChI is InChI=1S/C17H23NO3/c1-4-21-17(20)15-7-5-6-10-18(15)16(19)14-9-8-12(2)13(3)11-14/h8-9,11,15H,4-7,10H2,1-3H3. The van der Waals surface area contributed by atoms with Gasteiger partial charge >= 0.3 is 5.97 Å². The number of carbonyl (C=O) groups is 2. The van der Waals surface area contributed by atoms with Crippen molar-refractivity contribution in [3.05, 3.63) is 34.9 Å². The Bertz CT molecular complexity index is 539. The first-order chi connectivity index (χ1) is 10.0. The van der Waals surface area contributed by atoms with Gasteiger partial charge in [-0.25, -0.2) is 4.79 Å². The van der Waals surface area contributed by atoms with E-state index in [1.165, 1.54) is 0 Å². The third-order valence-corrected chi connectivity index (χ3v) is 4.08. The van der Waals surface area contributed by atoms with Gasteiger partial charge in [0.05, 0.1) is 6.61 Å². The molecule has 2 rings (SSSR count). The quantitative estimate of drug-likeness (QED) is 0.804. The second-order valence-electron chi connectivity index (χ2n) is 5.56. The molecule has 0 saturated carbocycles. The molecule has 1 aliphatic rings. The first-order valence-corrected chi connectivity index (χ1v) is 7.59. The summed E-state index contributed by atoms with van der Waals surface area (Å²) in [5.41, 5.74) is 2.90. The Morgan fingerprint density at radius 1 is 1.24 bits per heavy atom. The molecule has 1 aromatic carbocycles. The molecule has 1 saturated heterocycles. The van der Waals surface area contributed by atoms with Crippen LogP contribution in [0.4, 0.5) is 0 Å². The second kappa shape index (κ2) is 6.74. The molecule has 1 aromatic rings. The predicted octanol–water partition coefficient (Wildman–Crippen LogP) is 2.86. The molecule has 1 unspecified atom stereocenters. The molecule has 0 aliphatic carbocycles. The molecule has 1 aliphatic heterocycles. The summed E-state index contributed by atoms with van der Waals surface area (Å²) in [5, 5.41) is 0. The number of hydrogen-bond acceptors (Lipinski definition) is 3. The van der Waals surface area contributed by atoms with Crippen LogP contribution >= 0.6 is 0 Å². The van der Waals surface area contributed by atoms with Gasteiger partial charge in [-0.15, -0.1) is 0 Å². The number of ether oxygens (including phenoxy) is 1. The van der Waals surface area contributed by atoms with Crippen LogP contribution in [-0.2, 0) is 9.53 Å². The van der Waals surface area contributed by atoms with Crippen molar-refractivity contribution in [2.24, 2.45) is 0 Å². The Hall–Kier alpha value is -1.84. The lowest BCUT2D eigenvalue weighted by Gasteiger charge is -2.34. The Morgan fingerprint density at radius 3 is 2.67 bits per heavy atom. The van der Waals surface area contributed by atoms with E-state index in [2.05, 4.69) is 0 Å². The first kappa shape index (κ1) is 15.5. The zero-order chi connectivity index (χ0) is 15.4. The third kappa shape index (κ3) is 3.43. The van der Waals surface area contributed by atoms with Gasteiger partial charge in [0.15, 0.2) is 0 Å². The highest BCUT2D eigenvalue weighted by molar-refractivity contribution is 5.97. The summed E-state index contributed by atoms with van der Waals surface area (Å²) in [6, 6.07) is 5.25. The minimum absolute atomic E-state index is 0.0733. The average Bonchev–Trinajstić information content (AvgIpc) is 2.49. The van der Waals surface area contributed by atoms with Crippen LogP contribution in [0.5, 0.6) is 0 Å². The van der Waals surface area contributed by atoms with Crippen LogP contribution in [0.3, 0.4) is 0 Å². The predicted molar refractivity (Wildman–Crippen MR) is 81.2 cm³/mol. The number of nitrogens with zero attached hydrogens (tertiary/aromatic N) is 1. The number of benzene rings is 1. The number of likely N-dealkylation sites (tertiary alicyclic amines) is 1. The summed E-state index contributed by atoms with van der Waals surface area (Å²) in [6.07, 6.45) is 2.59. The van der Waals surface area contributed by atoms with Gasteiger partial charge in [-0.1, -0.05) is 6.07 Å². The minimum atomic E-state index is -0.437. The molecule has 1 fully saturated rings. The van der Waals surface area contributed by atoms with Crippen molar-refractivity contribution in [2.75, 3.05) is 13.2 Å². The lowest BCUT2D eigenvalue weighted by Crippen LogP contribution is -2.48. The lowest BCUT2D eigenvalue weighted by molar-refractivity contribution is -0.149. The number of carbonyl (C=O) groups excluding carboxylic acids is 2. The van der Waals surface area contributed by atoms with Gasteiger partial charge in [-0.3, -0.25) is 4.79 Å². The van der Waals surface area contributed by atoms with Crippen molar-refractivity contribution in [2.45, 2.75) is 46.1 Å². The van der Waals surface area contributed by atoms with E-state index in [0.717, 1.165) is 24.0 Å². The summed E-state index contributed by atoms with van der Waals surface area (Å²) in [6.45, 7) is 6.77. The van der Waals surface area contributed by atoms with Crippen LogP contribution in [0, 0.1) is 13.8 Å². The van der Waals surface area contributed by atoms with Crippen LogP contribution in [0.1, 0.15) is 47.7 Å². The molecule has 1 amide bonds. The summed E-state index contributed by atoms with van der Waals surface area (Å²) >= 11 is 0. The molecule has 1 atom stereocenters. The number of aryl methyl sites for hydroxylation is 2. The number of amides is 1. The Kier molecular flexibility index (Phi) is 4.99.